The summed E-state index contributed by atoms with van der Waals surface area (Å²) >= 11 is 5.71. The van der Waals surface area contributed by atoms with E-state index >= 15 is 0 Å². The van der Waals surface area contributed by atoms with Crippen LogP contribution in [0.15, 0.2) is 18.3 Å². The highest BCUT2D eigenvalue weighted by Crippen LogP contribution is 2.11. The molecule has 0 aliphatic heterocycles. The van der Waals surface area contributed by atoms with Gasteiger partial charge in [0.1, 0.15) is 5.15 Å². The van der Waals surface area contributed by atoms with E-state index in [4.69, 9.17) is 11.6 Å². The number of hydrogen-bond acceptors (Lipinski definition) is 2. The van der Waals surface area contributed by atoms with Crippen LogP contribution in [0.3, 0.4) is 0 Å². The fraction of sp³-hybridized carbons (Fsp3) is 0.455. The molecule has 0 aliphatic carbocycles. The zero-order chi connectivity index (χ0) is 12.0. The summed E-state index contributed by atoms with van der Waals surface area (Å²) in [6, 6.07) is 3.29. The topological polar surface area (TPSA) is 54.0 Å². The van der Waals surface area contributed by atoms with Crippen LogP contribution in [-0.2, 0) is 0 Å². The summed E-state index contributed by atoms with van der Waals surface area (Å²) in [5.74, 6) is 0. The van der Waals surface area contributed by atoms with Crippen LogP contribution in [0.2, 0.25) is 5.15 Å². The van der Waals surface area contributed by atoms with Gasteiger partial charge in [0.05, 0.1) is 0 Å². The van der Waals surface area contributed by atoms with Gasteiger partial charge in [-0.3, -0.25) is 0 Å². The number of carbonyl (C=O) groups is 1. The molecule has 1 heterocycles. The molecule has 0 fully saturated rings. The minimum absolute atomic E-state index is 0.206. The molecule has 0 aromatic carbocycles. The molecule has 0 spiro atoms. The lowest BCUT2D eigenvalue weighted by molar-refractivity contribution is 0.247. The third-order valence-electron chi connectivity index (χ3n) is 2.31. The quantitative estimate of drug-likeness (QED) is 0.796. The van der Waals surface area contributed by atoms with E-state index in [0.717, 1.165) is 12.8 Å². The Bertz CT molecular complexity index is 353. The van der Waals surface area contributed by atoms with Gasteiger partial charge >= 0.3 is 6.03 Å². The van der Waals surface area contributed by atoms with Gasteiger partial charge in [-0.15, -0.1) is 0 Å². The average molecular weight is 242 g/mol. The molecule has 1 rings (SSSR count). The summed E-state index contributed by atoms with van der Waals surface area (Å²) in [7, 11) is 0. The van der Waals surface area contributed by atoms with E-state index in [2.05, 4.69) is 15.6 Å². The fourth-order valence-electron chi connectivity index (χ4n) is 1.33. The molecule has 2 amide bonds. The third kappa shape index (κ3) is 4.06. The van der Waals surface area contributed by atoms with E-state index in [1.165, 1.54) is 0 Å². The number of pyridine rings is 1. The van der Waals surface area contributed by atoms with Gasteiger partial charge < -0.3 is 10.6 Å². The lowest BCUT2D eigenvalue weighted by atomic mass is 10.2. The zero-order valence-electron chi connectivity index (χ0n) is 9.46. The Hall–Kier alpha value is -1.29. The number of carbonyl (C=O) groups excluding carboxylic acids is 1. The Labute approximate surface area is 100 Å². The van der Waals surface area contributed by atoms with Gasteiger partial charge in [0.2, 0.25) is 0 Å². The molecule has 1 aromatic rings. The fourth-order valence-corrected chi connectivity index (χ4v) is 1.50. The molecule has 0 saturated heterocycles. The van der Waals surface area contributed by atoms with Gasteiger partial charge in [0.15, 0.2) is 0 Å². The first-order chi connectivity index (χ1) is 7.65. The number of urea groups is 1. The Kier molecular flexibility index (Phi) is 5.05. The van der Waals surface area contributed by atoms with Crippen LogP contribution in [-0.4, -0.2) is 17.1 Å². The predicted molar refractivity (Wildman–Crippen MR) is 65.8 cm³/mol. The first-order valence-corrected chi connectivity index (χ1v) is 5.72. The second-order valence-corrected chi connectivity index (χ2v) is 3.87. The maximum Gasteiger partial charge on any atom is 0.319 e. The number of halogens is 1. The van der Waals surface area contributed by atoms with Gasteiger partial charge in [-0.25, -0.2) is 9.78 Å². The van der Waals surface area contributed by atoms with E-state index in [1.54, 1.807) is 18.3 Å². The largest absolute Gasteiger partial charge is 0.335 e. The number of hydrogen-bond donors (Lipinski definition) is 2. The normalized spacial score (nSPS) is 10.2. The van der Waals surface area contributed by atoms with Crippen LogP contribution in [0.1, 0.15) is 26.7 Å². The lowest BCUT2D eigenvalue weighted by Crippen LogP contribution is -2.37. The van der Waals surface area contributed by atoms with Crippen molar-refractivity contribution >= 4 is 23.3 Å². The molecule has 0 unspecified atom stereocenters. The summed E-state index contributed by atoms with van der Waals surface area (Å²) < 4.78 is 0. The second kappa shape index (κ2) is 6.33. The summed E-state index contributed by atoms with van der Waals surface area (Å²) in [5, 5.41) is 5.94. The van der Waals surface area contributed by atoms with Crippen LogP contribution >= 0.6 is 11.6 Å². The number of rotatable bonds is 4. The van der Waals surface area contributed by atoms with E-state index in [1.807, 2.05) is 13.8 Å². The number of aromatic nitrogens is 1. The van der Waals surface area contributed by atoms with Gasteiger partial charge in [0.25, 0.3) is 0 Å². The third-order valence-corrected chi connectivity index (χ3v) is 2.51. The smallest absolute Gasteiger partial charge is 0.319 e. The number of nitrogens with zero attached hydrogens (tertiary/aromatic N) is 1. The van der Waals surface area contributed by atoms with E-state index in [9.17, 15) is 4.79 Å². The van der Waals surface area contributed by atoms with E-state index in [-0.39, 0.29) is 12.1 Å². The SMILES string of the molecule is CCC(CC)NC(=O)Nc1ccnc(Cl)c1. The van der Waals surface area contributed by atoms with Crippen LogP contribution < -0.4 is 10.6 Å². The van der Waals surface area contributed by atoms with Crippen LogP contribution in [0.4, 0.5) is 10.5 Å². The predicted octanol–water partition coefficient (Wildman–Crippen LogP) is 3.05. The molecule has 16 heavy (non-hydrogen) atoms. The molecule has 2 N–H and O–H groups in total. The highest BCUT2D eigenvalue weighted by molar-refractivity contribution is 6.29. The van der Waals surface area contributed by atoms with Crippen molar-refractivity contribution in [3.05, 3.63) is 23.5 Å². The first-order valence-electron chi connectivity index (χ1n) is 5.34. The van der Waals surface area contributed by atoms with Crippen LogP contribution in [0, 0.1) is 0 Å². The van der Waals surface area contributed by atoms with Gasteiger partial charge in [-0.05, 0) is 25.0 Å². The molecule has 0 atom stereocenters. The maximum atomic E-state index is 11.6. The van der Waals surface area contributed by atoms with Gasteiger partial charge in [-0.2, -0.15) is 0 Å². The van der Waals surface area contributed by atoms with Crippen molar-refractivity contribution in [3.63, 3.8) is 0 Å². The van der Waals surface area contributed by atoms with E-state index < -0.39 is 0 Å². The molecule has 0 aliphatic rings. The van der Waals surface area contributed by atoms with Gasteiger partial charge in [-0.1, -0.05) is 25.4 Å². The molecule has 0 saturated carbocycles. The molecular formula is C11H16ClN3O. The first kappa shape index (κ1) is 12.8. The van der Waals surface area contributed by atoms with Crippen molar-refractivity contribution in [1.29, 1.82) is 0 Å². The second-order valence-electron chi connectivity index (χ2n) is 3.48. The zero-order valence-corrected chi connectivity index (χ0v) is 10.2. The summed E-state index contributed by atoms with van der Waals surface area (Å²) in [4.78, 5) is 15.4. The highest BCUT2D eigenvalue weighted by atomic mass is 35.5. The van der Waals surface area contributed by atoms with Crippen molar-refractivity contribution in [2.24, 2.45) is 0 Å². The lowest BCUT2D eigenvalue weighted by Gasteiger charge is -2.15. The van der Waals surface area contributed by atoms with Crippen molar-refractivity contribution < 1.29 is 4.79 Å². The van der Waals surface area contributed by atoms with Crippen LogP contribution in [0.5, 0.6) is 0 Å². The Morgan fingerprint density at radius 1 is 1.50 bits per heavy atom. The molecule has 0 bridgehead atoms. The number of nitrogens with one attached hydrogen (secondary N) is 2. The molecule has 0 radical (unpaired) electrons. The molecule has 4 nitrogen and oxygen atoms in total. The number of amides is 2. The summed E-state index contributed by atoms with van der Waals surface area (Å²) in [6.45, 7) is 4.08. The summed E-state index contributed by atoms with van der Waals surface area (Å²) in [6.07, 6.45) is 3.39. The van der Waals surface area contributed by atoms with E-state index in [0.29, 0.717) is 10.8 Å². The highest BCUT2D eigenvalue weighted by Gasteiger charge is 2.08. The minimum Gasteiger partial charge on any atom is -0.335 e. The Balaban J connectivity index is 2.51. The number of anilines is 1. The van der Waals surface area contributed by atoms with Crippen molar-refractivity contribution in [2.75, 3.05) is 5.32 Å². The summed E-state index contributed by atoms with van der Waals surface area (Å²) in [5.41, 5.74) is 0.642. The molecule has 5 heteroatoms. The Morgan fingerprint density at radius 3 is 2.75 bits per heavy atom. The maximum absolute atomic E-state index is 11.6. The minimum atomic E-state index is -0.212. The van der Waals surface area contributed by atoms with Crippen molar-refractivity contribution in [3.8, 4) is 0 Å². The average Bonchev–Trinajstić information content (AvgIpc) is 2.26. The standard InChI is InChI=1S/C11H16ClN3O/c1-3-8(4-2)14-11(16)15-9-5-6-13-10(12)7-9/h5-8H,3-4H2,1-2H3,(H2,13,14,15,16). The van der Waals surface area contributed by atoms with Crippen molar-refractivity contribution in [2.45, 2.75) is 32.7 Å². The van der Waals surface area contributed by atoms with Crippen molar-refractivity contribution in [1.82, 2.24) is 10.3 Å². The molecule has 1 aromatic heterocycles. The van der Waals surface area contributed by atoms with Gasteiger partial charge in [0, 0.05) is 17.9 Å². The Morgan fingerprint density at radius 2 is 2.19 bits per heavy atom. The molecule has 88 valence electrons. The monoisotopic (exact) mass is 241 g/mol. The molecular weight excluding hydrogens is 226 g/mol. The van der Waals surface area contributed by atoms with Crippen LogP contribution in [0.25, 0.3) is 0 Å².